The van der Waals surface area contributed by atoms with Crippen LogP contribution in [0.4, 0.5) is 4.39 Å². The van der Waals surface area contributed by atoms with Crippen molar-refractivity contribution in [3.8, 4) is 0 Å². The summed E-state index contributed by atoms with van der Waals surface area (Å²) in [5.74, 6) is -2.74. The average Bonchev–Trinajstić information content (AvgIpc) is 2.39. The fourth-order valence-electron chi connectivity index (χ4n) is 2.74. The van der Waals surface area contributed by atoms with Gasteiger partial charge in [0.05, 0.1) is 11.8 Å². The van der Waals surface area contributed by atoms with Gasteiger partial charge in [0, 0.05) is 23.7 Å². The van der Waals surface area contributed by atoms with E-state index in [1.165, 1.54) is 17.0 Å². The number of benzene rings is 1. The van der Waals surface area contributed by atoms with E-state index in [0.29, 0.717) is 25.8 Å². The molecule has 0 aromatic heterocycles. The Morgan fingerprint density at radius 3 is 2.55 bits per heavy atom. The molecule has 1 fully saturated rings. The van der Waals surface area contributed by atoms with Crippen molar-refractivity contribution < 1.29 is 19.1 Å². The van der Waals surface area contributed by atoms with Crippen LogP contribution < -0.4 is 0 Å². The zero-order valence-electron chi connectivity index (χ0n) is 12.4. The number of hydrogen-bond donors (Lipinski definition) is 1. The largest absolute Gasteiger partial charge is 0.481 e. The number of aliphatic carboxylic acids is 1. The third kappa shape index (κ3) is 3.40. The maximum atomic E-state index is 13.9. The van der Waals surface area contributed by atoms with Crippen LogP contribution in [-0.2, 0) is 16.1 Å². The first-order valence-corrected chi connectivity index (χ1v) is 7.78. The summed E-state index contributed by atoms with van der Waals surface area (Å²) in [6.07, 6.45) is 1.80. The number of hydrogen-bond acceptors (Lipinski definition) is 2. The maximum Gasteiger partial charge on any atom is 0.307 e. The maximum absolute atomic E-state index is 13.9. The molecule has 0 unspecified atom stereocenters. The minimum absolute atomic E-state index is 0.0705. The number of rotatable bonds is 6. The number of amides is 1. The summed E-state index contributed by atoms with van der Waals surface area (Å²) in [5.41, 5.74) is 0.275. The standard InChI is InChI=1S/C16H19ClFNO3/c1-2-8-19(9-12-13(17)4-3-5-14(12)18)15(20)10-6-7-11(10)16(21)22/h3-5,10-11H,2,6-9H2,1H3,(H,21,22)/t10-,11+/m1/s1. The second-order valence-electron chi connectivity index (χ2n) is 5.59. The normalized spacial score (nSPS) is 20.3. The Labute approximate surface area is 133 Å². The van der Waals surface area contributed by atoms with Crippen LogP contribution in [0, 0.1) is 17.7 Å². The van der Waals surface area contributed by atoms with E-state index in [1.54, 1.807) is 6.07 Å². The molecule has 120 valence electrons. The third-order valence-corrected chi connectivity index (χ3v) is 4.48. The van der Waals surface area contributed by atoms with Crippen molar-refractivity contribution in [3.05, 3.63) is 34.6 Å². The van der Waals surface area contributed by atoms with Crippen molar-refractivity contribution in [2.45, 2.75) is 32.7 Å². The molecule has 2 rings (SSSR count). The number of nitrogens with zero attached hydrogens (tertiary/aromatic N) is 1. The summed E-state index contributed by atoms with van der Waals surface area (Å²) < 4.78 is 13.9. The van der Waals surface area contributed by atoms with Crippen molar-refractivity contribution in [3.63, 3.8) is 0 Å². The lowest BCUT2D eigenvalue weighted by Crippen LogP contribution is -2.46. The zero-order chi connectivity index (χ0) is 16.3. The number of halogens is 2. The van der Waals surface area contributed by atoms with Gasteiger partial charge in [-0.1, -0.05) is 24.6 Å². The van der Waals surface area contributed by atoms with E-state index in [1.807, 2.05) is 6.92 Å². The average molecular weight is 328 g/mol. The first-order valence-electron chi connectivity index (χ1n) is 7.40. The van der Waals surface area contributed by atoms with E-state index in [9.17, 15) is 14.0 Å². The van der Waals surface area contributed by atoms with Crippen LogP contribution in [0.5, 0.6) is 0 Å². The van der Waals surface area contributed by atoms with Gasteiger partial charge in [0.15, 0.2) is 0 Å². The van der Waals surface area contributed by atoms with E-state index in [2.05, 4.69) is 0 Å². The highest BCUT2D eigenvalue weighted by Crippen LogP contribution is 2.36. The lowest BCUT2D eigenvalue weighted by atomic mass is 9.73. The predicted molar refractivity (Wildman–Crippen MR) is 81.0 cm³/mol. The molecule has 1 N–H and O–H groups in total. The lowest BCUT2D eigenvalue weighted by Gasteiger charge is -2.36. The third-order valence-electron chi connectivity index (χ3n) is 4.12. The van der Waals surface area contributed by atoms with Gasteiger partial charge in [0.1, 0.15) is 5.82 Å². The van der Waals surface area contributed by atoms with Crippen molar-refractivity contribution in [2.24, 2.45) is 11.8 Å². The van der Waals surface area contributed by atoms with E-state index >= 15 is 0 Å². The monoisotopic (exact) mass is 327 g/mol. The van der Waals surface area contributed by atoms with E-state index in [0.717, 1.165) is 0 Å². The van der Waals surface area contributed by atoms with Crippen molar-refractivity contribution in [1.29, 1.82) is 0 Å². The molecule has 1 aliphatic rings. The number of carboxylic acid groups (broad SMARTS) is 1. The Hall–Kier alpha value is -1.62. The molecule has 1 aliphatic carbocycles. The minimum atomic E-state index is -0.940. The lowest BCUT2D eigenvalue weighted by molar-refractivity contribution is -0.157. The van der Waals surface area contributed by atoms with Crippen LogP contribution in [-0.4, -0.2) is 28.4 Å². The molecule has 0 saturated heterocycles. The topological polar surface area (TPSA) is 57.6 Å². The molecule has 1 aromatic carbocycles. The van der Waals surface area contributed by atoms with E-state index in [4.69, 9.17) is 16.7 Å². The molecule has 0 radical (unpaired) electrons. The summed E-state index contributed by atoms with van der Waals surface area (Å²) in [4.78, 5) is 25.2. The number of carboxylic acids is 1. The summed E-state index contributed by atoms with van der Waals surface area (Å²) in [7, 11) is 0. The van der Waals surface area contributed by atoms with Crippen LogP contribution in [0.3, 0.4) is 0 Å². The fourth-order valence-corrected chi connectivity index (χ4v) is 2.96. The molecular formula is C16H19ClFNO3. The summed E-state index contributed by atoms with van der Waals surface area (Å²) in [6.45, 7) is 2.44. The second kappa shape index (κ2) is 7.09. The number of carbonyl (C=O) groups excluding carboxylic acids is 1. The molecule has 1 aromatic rings. The fraction of sp³-hybridized carbons (Fsp3) is 0.500. The van der Waals surface area contributed by atoms with Gasteiger partial charge >= 0.3 is 5.97 Å². The second-order valence-corrected chi connectivity index (χ2v) is 6.00. The summed E-state index contributed by atoms with van der Waals surface area (Å²) >= 11 is 6.01. The SMILES string of the molecule is CCCN(Cc1c(F)cccc1Cl)C(=O)[C@@H]1CC[C@@H]1C(=O)O. The first kappa shape index (κ1) is 16.7. The van der Waals surface area contributed by atoms with Crippen molar-refractivity contribution in [2.75, 3.05) is 6.54 Å². The molecule has 0 spiro atoms. The van der Waals surface area contributed by atoms with Crippen molar-refractivity contribution >= 4 is 23.5 Å². The highest BCUT2D eigenvalue weighted by molar-refractivity contribution is 6.31. The molecule has 0 bridgehead atoms. The van der Waals surface area contributed by atoms with Gasteiger partial charge in [-0.2, -0.15) is 0 Å². The summed E-state index contributed by atoms with van der Waals surface area (Å²) in [6, 6.07) is 4.40. The Balaban J connectivity index is 2.16. The molecule has 0 aliphatic heterocycles. The van der Waals surface area contributed by atoms with Gasteiger partial charge < -0.3 is 10.0 Å². The zero-order valence-corrected chi connectivity index (χ0v) is 13.1. The molecule has 22 heavy (non-hydrogen) atoms. The Morgan fingerprint density at radius 1 is 1.36 bits per heavy atom. The van der Waals surface area contributed by atoms with Gasteiger partial charge in [-0.15, -0.1) is 0 Å². The molecule has 4 nitrogen and oxygen atoms in total. The predicted octanol–water partition coefficient (Wildman–Crippen LogP) is 3.33. The molecule has 6 heteroatoms. The summed E-state index contributed by atoms with van der Waals surface area (Å²) in [5, 5.41) is 9.37. The first-order chi connectivity index (χ1) is 10.5. The van der Waals surface area contributed by atoms with Gasteiger partial charge in [-0.3, -0.25) is 9.59 Å². The van der Waals surface area contributed by atoms with Crippen LogP contribution in [0.2, 0.25) is 5.02 Å². The van der Waals surface area contributed by atoms with Gasteiger partial charge in [0.25, 0.3) is 0 Å². The van der Waals surface area contributed by atoms with E-state index in [-0.39, 0.29) is 23.0 Å². The highest BCUT2D eigenvalue weighted by atomic mass is 35.5. The molecule has 1 amide bonds. The number of carbonyl (C=O) groups is 2. The van der Waals surface area contributed by atoms with Gasteiger partial charge in [-0.05, 0) is 31.4 Å². The Bertz CT molecular complexity index is 558. The van der Waals surface area contributed by atoms with Crippen molar-refractivity contribution in [1.82, 2.24) is 4.90 Å². The smallest absolute Gasteiger partial charge is 0.307 e. The van der Waals surface area contributed by atoms with Crippen LogP contribution >= 0.6 is 11.6 Å². The van der Waals surface area contributed by atoms with Gasteiger partial charge in [-0.25, -0.2) is 4.39 Å². The Kier molecular flexibility index (Phi) is 5.40. The molecular weight excluding hydrogens is 309 g/mol. The highest BCUT2D eigenvalue weighted by Gasteiger charge is 2.43. The molecule has 0 heterocycles. The minimum Gasteiger partial charge on any atom is -0.481 e. The van der Waals surface area contributed by atoms with E-state index < -0.39 is 23.6 Å². The molecule has 2 atom stereocenters. The molecule has 1 saturated carbocycles. The van der Waals surface area contributed by atoms with Gasteiger partial charge in [0.2, 0.25) is 5.91 Å². The van der Waals surface area contributed by atoms with Crippen LogP contribution in [0.25, 0.3) is 0 Å². The van der Waals surface area contributed by atoms with Crippen LogP contribution in [0.1, 0.15) is 31.7 Å². The quantitative estimate of drug-likeness (QED) is 0.872. The van der Waals surface area contributed by atoms with Crippen LogP contribution in [0.15, 0.2) is 18.2 Å². The Morgan fingerprint density at radius 2 is 2.05 bits per heavy atom.